The van der Waals surface area contributed by atoms with Crippen LogP contribution in [0.3, 0.4) is 0 Å². The maximum absolute atomic E-state index is 11.5. The lowest BCUT2D eigenvalue weighted by atomic mass is 10.3. The summed E-state index contributed by atoms with van der Waals surface area (Å²) in [6.07, 6.45) is 1.78. The van der Waals surface area contributed by atoms with E-state index in [-0.39, 0.29) is 23.8 Å². The predicted octanol–water partition coefficient (Wildman–Crippen LogP) is 2.35. The number of oxazole rings is 1. The largest absolute Gasteiger partial charge is 0.423 e. The summed E-state index contributed by atoms with van der Waals surface area (Å²) in [4.78, 5) is 15.6. The minimum Gasteiger partial charge on any atom is -0.423 e. The van der Waals surface area contributed by atoms with Crippen LogP contribution in [-0.2, 0) is 4.79 Å². The Bertz CT molecular complexity index is 663. The van der Waals surface area contributed by atoms with Crippen LogP contribution in [0.5, 0.6) is 0 Å². The summed E-state index contributed by atoms with van der Waals surface area (Å²) in [5, 5.41) is 13.2. The van der Waals surface area contributed by atoms with Crippen molar-refractivity contribution in [2.45, 2.75) is 12.8 Å². The maximum Gasteiger partial charge on any atom is 0.302 e. The lowest BCUT2D eigenvalue weighted by Gasteiger charge is -2.04. The molecule has 0 unspecified atom stereocenters. The number of benzene rings is 1. The summed E-state index contributed by atoms with van der Waals surface area (Å²) in [6.45, 7) is 0. The van der Waals surface area contributed by atoms with Crippen LogP contribution in [0.1, 0.15) is 12.8 Å². The highest BCUT2D eigenvalue weighted by molar-refractivity contribution is 6.31. The Kier molecular flexibility index (Phi) is 2.87. The zero-order valence-corrected chi connectivity index (χ0v) is 10.6. The molecule has 1 aromatic heterocycles. The fourth-order valence-corrected chi connectivity index (χ4v) is 1.82. The molecular formula is C12H11ClN4O2. The van der Waals surface area contributed by atoms with Crippen LogP contribution in [0, 0.1) is 11.3 Å². The molecule has 0 saturated heterocycles. The lowest BCUT2D eigenvalue weighted by molar-refractivity contribution is -0.120. The number of fused-ring (bicyclic) bond motifs is 1. The molecule has 1 fully saturated rings. The number of hydrogen-bond acceptors (Lipinski definition) is 4. The number of anilines is 1. The normalized spacial score (nSPS) is 14.4. The second kappa shape index (κ2) is 4.55. The Morgan fingerprint density at radius 3 is 3.00 bits per heavy atom. The fraction of sp³-hybridized carbons (Fsp3) is 0.250. The number of carbonyl (C=O) groups excluding carboxylic acids is 1. The van der Waals surface area contributed by atoms with E-state index in [1.165, 1.54) is 0 Å². The molecular weight excluding hydrogens is 268 g/mol. The van der Waals surface area contributed by atoms with Gasteiger partial charge < -0.3 is 4.42 Å². The topological polar surface area (TPSA) is 91.0 Å². The molecule has 0 atom stereocenters. The predicted molar refractivity (Wildman–Crippen MR) is 71.2 cm³/mol. The monoisotopic (exact) mass is 278 g/mol. The van der Waals surface area contributed by atoms with Gasteiger partial charge in [0.15, 0.2) is 5.58 Å². The van der Waals surface area contributed by atoms with E-state index in [1.54, 1.807) is 18.2 Å². The maximum atomic E-state index is 11.5. The number of guanidine groups is 1. The van der Waals surface area contributed by atoms with Gasteiger partial charge in [0.25, 0.3) is 0 Å². The number of halogens is 1. The van der Waals surface area contributed by atoms with Crippen LogP contribution in [0.15, 0.2) is 22.6 Å². The van der Waals surface area contributed by atoms with Crippen molar-refractivity contribution in [3.05, 3.63) is 23.2 Å². The minimum absolute atomic E-state index is 0.0459. The molecule has 3 N–H and O–H groups in total. The minimum atomic E-state index is -0.144. The Morgan fingerprint density at radius 1 is 1.47 bits per heavy atom. The van der Waals surface area contributed by atoms with Gasteiger partial charge in [-0.15, -0.1) is 0 Å². The molecule has 1 aromatic carbocycles. The number of rotatable bonds is 2. The van der Waals surface area contributed by atoms with E-state index in [0.29, 0.717) is 16.1 Å². The van der Waals surface area contributed by atoms with Crippen molar-refractivity contribution < 1.29 is 9.21 Å². The van der Waals surface area contributed by atoms with Gasteiger partial charge in [0, 0.05) is 17.0 Å². The number of aromatic nitrogens is 1. The van der Waals surface area contributed by atoms with Gasteiger partial charge in [0.2, 0.25) is 11.9 Å². The first-order chi connectivity index (χ1) is 9.11. The highest BCUT2D eigenvalue weighted by atomic mass is 35.5. The Labute approximate surface area is 113 Å². The van der Waals surface area contributed by atoms with Gasteiger partial charge in [0.05, 0.1) is 0 Å². The van der Waals surface area contributed by atoms with Crippen LogP contribution in [0.25, 0.3) is 11.1 Å². The molecule has 3 rings (SSSR count). The molecule has 1 heterocycles. The van der Waals surface area contributed by atoms with Gasteiger partial charge in [-0.2, -0.15) is 4.98 Å². The van der Waals surface area contributed by atoms with Crippen molar-refractivity contribution in [2.75, 3.05) is 5.32 Å². The fourth-order valence-electron chi connectivity index (χ4n) is 1.66. The molecule has 6 nitrogen and oxygen atoms in total. The molecule has 1 aliphatic carbocycles. The van der Waals surface area contributed by atoms with Gasteiger partial charge in [-0.25, -0.2) is 0 Å². The molecule has 0 radical (unpaired) electrons. The molecule has 98 valence electrons. The first-order valence-corrected chi connectivity index (χ1v) is 6.22. The zero-order chi connectivity index (χ0) is 13.4. The zero-order valence-electron chi connectivity index (χ0n) is 9.87. The Balaban J connectivity index is 1.70. The average Bonchev–Trinajstić information content (AvgIpc) is 3.11. The molecule has 0 spiro atoms. The molecule has 2 aromatic rings. The molecule has 1 amide bonds. The SMILES string of the molecule is N=C(NC(=O)C1CC1)Nc1nc2ccc(Cl)cc2o1. The molecule has 1 aliphatic rings. The first-order valence-electron chi connectivity index (χ1n) is 5.84. The van der Waals surface area contributed by atoms with Crippen LogP contribution >= 0.6 is 11.6 Å². The summed E-state index contributed by atoms with van der Waals surface area (Å²) >= 11 is 5.84. The van der Waals surface area contributed by atoms with E-state index in [0.717, 1.165) is 12.8 Å². The van der Waals surface area contributed by atoms with E-state index in [9.17, 15) is 4.79 Å². The summed E-state index contributed by atoms with van der Waals surface area (Å²) in [6, 6.07) is 5.22. The third-order valence-corrected chi connectivity index (χ3v) is 3.01. The van der Waals surface area contributed by atoms with Crippen molar-refractivity contribution in [2.24, 2.45) is 5.92 Å². The smallest absolute Gasteiger partial charge is 0.302 e. The average molecular weight is 279 g/mol. The third-order valence-electron chi connectivity index (χ3n) is 2.78. The summed E-state index contributed by atoms with van der Waals surface area (Å²) in [7, 11) is 0. The van der Waals surface area contributed by atoms with Crippen molar-refractivity contribution in [3.8, 4) is 0 Å². The highest BCUT2D eigenvalue weighted by Crippen LogP contribution is 2.28. The van der Waals surface area contributed by atoms with Gasteiger partial charge in [0.1, 0.15) is 5.52 Å². The number of nitrogens with zero attached hydrogens (tertiary/aromatic N) is 1. The van der Waals surface area contributed by atoms with E-state index in [4.69, 9.17) is 21.4 Å². The third kappa shape index (κ3) is 2.68. The number of hydrogen-bond donors (Lipinski definition) is 3. The van der Waals surface area contributed by atoms with Crippen LogP contribution < -0.4 is 10.6 Å². The summed E-state index contributed by atoms with van der Waals surface area (Å²) in [5.74, 6) is -0.240. The standard InChI is InChI=1S/C12H11ClN4O2/c13-7-3-4-8-9(5-7)19-12(15-8)17-11(14)16-10(18)6-1-2-6/h3-6H,1-2H2,(H3,14,15,16,17,18). The van der Waals surface area contributed by atoms with Crippen molar-refractivity contribution in [1.29, 1.82) is 5.41 Å². The second-order valence-electron chi connectivity index (χ2n) is 4.39. The summed E-state index contributed by atoms with van der Waals surface area (Å²) < 4.78 is 5.38. The van der Waals surface area contributed by atoms with Crippen LogP contribution in [0.4, 0.5) is 6.01 Å². The molecule has 19 heavy (non-hydrogen) atoms. The molecule has 0 bridgehead atoms. The molecule has 7 heteroatoms. The van der Waals surface area contributed by atoms with Crippen molar-refractivity contribution >= 4 is 40.6 Å². The second-order valence-corrected chi connectivity index (χ2v) is 4.83. The lowest BCUT2D eigenvalue weighted by Crippen LogP contribution is -2.36. The van der Waals surface area contributed by atoms with Gasteiger partial charge in [-0.05, 0) is 25.0 Å². The molecule has 1 saturated carbocycles. The van der Waals surface area contributed by atoms with Gasteiger partial charge in [-0.3, -0.25) is 20.8 Å². The van der Waals surface area contributed by atoms with Crippen molar-refractivity contribution in [1.82, 2.24) is 10.3 Å². The van der Waals surface area contributed by atoms with Crippen LogP contribution in [0.2, 0.25) is 5.02 Å². The van der Waals surface area contributed by atoms with Crippen LogP contribution in [-0.4, -0.2) is 16.9 Å². The number of nitrogens with one attached hydrogen (secondary N) is 3. The number of carbonyl (C=O) groups is 1. The van der Waals surface area contributed by atoms with Gasteiger partial charge >= 0.3 is 6.01 Å². The van der Waals surface area contributed by atoms with E-state index in [2.05, 4.69) is 15.6 Å². The van der Waals surface area contributed by atoms with Gasteiger partial charge in [-0.1, -0.05) is 11.6 Å². The quantitative estimate of drug-likeness (QED) is 0.581. The van der Waals surface area contributed by atoms with E-state index in [1.807, 2.05) is 0 Å². The Hall–Kier alpha value is -2.08. The van der Waals surface area contributed by atoms with E-state index < -0.39 is 0 Å². The number of amides is 1. The van der Waals surface area contributed by atoms with Crippen molar-refractivity contribution in [3.63, 3.8) is 0 Å². The summed E-state index contributed by atoms with van der Waals surface area (Å²) in [5.41, 5.74) is 1.16. The Morgan fingerprint density at radius 2 is 2.26 bits per heavy atom. The highest BCUT2D eigenvalue weighted by Gasteiger charge is 2.30. The molecule has 0 aliphatic heterocycles. The first kappa shape index (κ1) is 12.0. The van der Waals surface area contributed by atoms with E-state index >= 15 is 0 Å².